The van der Waals surface area contributed by atoms with E-state index in [4.69, 9.17) is 9.15 Å². The predicted molar refractivity (Wildman–Crippen MR) is 96.6 cm³/mol. The second kappa shape index (κ2) is 7.35. The van der Waals surface area contributed by atoms with Gasteiger partial charge in [0.2, 0.25) is 0 Å². The Morgan fingerprint density at radius 2 is 1.88 bits per heavy atom. The first-order valence-electron chi connectivity index (χ1n) is 8.42. The van der Waals surface area contributed by atoms with E-state index in [2.05, 4.69) is 6.92 Å². The van der Waals surface area contributed by atoms with Crippen LogP contribution in [0.25, 0.3) is 11.0 Å². The zero-order valence-electron chi connectivity index (χ0n) is 14.2. The second-order valence-electron chi connectivity index (χ2n) is 6.03. The van der Waals surface area contributed by atoms with Crippen molar-refractivity contribution in [3.63, 3.8) is 0 Å². The number of benzene rings is 2. The number of aryl methyl sites for hydroxylation is 2. The van der Waals surface area contributed by atoms with Gasteiger partial charge >= 0.3 is 5.63 Å². The summed E-state index contributed by atoms with van der Waals surface area (Å²) in [6.07, 6.45) is 3.05. The van der Waals surface area contributed by atoms with Crippen LogP contribution in [0.15, 0.2) is 57.7 Å². The average Bonchev–Trinajstić information content (AvgIpc) is 2.60. The first-order valence-corrected chi connectivity index (χ1v) is 8.42. The summed E-state index contributed by atoms with van der Waals surface area (Å²) in [6, 6.07) is 15.6. The van der Waals surface area contributed by atoms with E-state index in [0.717, 1.165) is 47.1 Å². The fraction of sp³-hybridized carbons (Fsp3) is 0.286. The zero-order chi connectivity index (χ0) is 16.9. The van der Waals surface area contributed by atoms with Gasteiger partial charge in [0.05, 0.1) is 0 Å². The second-order valence-corrected chi connectivity index (χ2v) is 6.03. The van der Waals surface area contributed by atoms with Gasteiger partial charge in [0, 0.05) is 17.0 Å². The molecule has 0 bridgehead atoms. The topological polar surface area (TPSA) is 39.4 Å². The van der Waals surface area contributed by atoms with E-state index in [1.54, 1.807) is 6.07 Å². The Bertz CT molecular complexity index is 879. The van der Waals surface area contributed by atoms with Crippen molar-refractivity contribution >= 4 is 11.0 Å². The highest BCUT2D eigenvalue weighted by Gasteiger charge is 2.12. The molecule has 124 valence electrons. The van der Waals surface area contributed by atoms with Gasteiger partial charge in [0.1, 0.15) is 17.9 Å². The summed E-state index contributed by atoms with van der Waals surface area (Å²) in [5, 5.41) is 1.01. The Kier molecular flexibility index (Phi) is 4.99. The largest absolute Gasteiger partial charge is 0.488 e. The molecule has 3 nitrogen and oxygen atoms in total. The van der Waals surface area contributed by atoms with Crippen molar-refractivity contribution in [2.24, 2.45) is 0 Å². The average molecular weight is 322 g/mol. The summed E-state index contributed by atoms with van der Waals surface area (Å²) in [7, 11) is 0. The van der Waals surface area contributed by atoms with Gasteiger partial charge in [-0.3, -0.25) is 0 Å². The summed E-state index contributed by atoms with van der Waals surface area (Å²) in [5.41, 5.74) is 3.38. The summed E-state index contributed by atoms with van der Waals surface area (Å²) >= 11 is 0. The minimum absolute atomic E-state index is 0.295. The van der Waals surface area contributed by atoms with E-state index >= 15 is 0 Å². The van der Waals surface area contributed by atoms with Crippen LogP contribution in [0, 0.1) is 6.92 Å². The molecule has 0 saturated heterocycles. The SMILES string of the molecule is CCCCc1cc(=O)oc2c(C)c(OCc3ccccc3)ccc12. The molecule has 0 atom stereocenters. The number of unbranched alkanes of at least 4 members (excludes halogenated alkanes) is 1. The molecule has 0 aliphatic heterocycles. The highest BCUT2D eigenvalue weighted by Crippen LogP contribution is 2.29. The number of fused-ring (bicyclic) bond motifs is 1. The van der Waals surface area contributed by atoms with Crippen LogP contribution >= 0.6 is 0 Å². The van der Waals surface area contributed by atoms with E-state index in [-0.39, 0.29) is 5.63 Å². The zero-order valence-corrected chi connectivity index (χ0v) is 14.2. The fourth-order valence-corrected chi connectivity index (χ4v) is 2.87. The van der Waals surface area contributed by atoms with E-state index < -0.39 is 0 Å². The first kappa shape index (κ1) is 16.3. The lowest BCUT2D eigenvalue weighted by atomic mass is 10.0. The molecule has 3 rings (SSSR count). The van der Waals surface area contributed by atoms with Crippen molar-refractivity contribution in [1.82, 2.24) is 0 Å². The molecule has 0 saturated carbocycles. The normalized spacial score (nSPS) is 10.9. The Balaban J connectivity index is 1.94. The summed E-state index contributed by atoms with van der Waals surface area (Å²) in [5.74, 6) is 0.752. The summed E-state index contributed by atoms with van der Waals surface area (Å²) in [6.45, 7) is 4.58. The van der Waals surface area contributed by atoms with Crippen LogP contribution in [0.4, 0.5) is 0 Å². The summed E-state index contributed by atoms with van der Waals surface area (Å²) in [4.78, 5) is 11.9. The smallest absolute Gasteiger partial charge is 0.336 e. The van der Waals surface area contributed by atoms with Gasteiger partial charge in [-0.25, -0.2) is 4.79 Å². The number of hydrogen-bond donors (Lipinski definition) is 0. The third kappa shape index (κ3) is 3.51. The quantitative estimate of drug-likeness (QED) is 0.598. The standard InChI is InChI=1S/C21H22O3/c1-3-4-10-17-13-20(22)24-21-15(2)19(12-11-18(17)21)23-14-16-8-6-5-7-9-16/h5-9,11-13H,3-4,10,14H2,1-2H3. The van der Waals surface area contributed by atoms with Crippen molar-refractivity contribution in [2.45, 2.75) is 39.7 Å². The van der Waals surface area contributed by atoms with Crippen LogP contribution in [-0.2, 0) is 13.0 Å². The van der Waals surface area contributed by atoms with E-state index in [9.17, 15) is 4.79 Å². The van der Waals surface area contributed by atoms with Crippen molar-refractivity contribution < 1.29 is 9.15 Å². The minimum Gasteiger partial charge on any atom is -0.488 e. The Morgan fingerprint density at radius 1 is 1.08 bits per heavy atom. The molecule has 0 radical (unpaired) electrons. The maximum Gasteiger partial charge on any atom is 0.336 e. The molecule has 1 heterocycles. The van der Waals surface area contributed by atoms with E-state index in [0.29, 0.717) is 12.2 Å². The van der Waals surface area contributed by atoms with Gasteiger partial charge in [0.25, 0.3) is 0 Å². The molecule has 1 aromatic heterocycles. The molecule has 0 spiro atoms. The molecule has 0 aliphatic carbocycles. The Labute approximate surface area is 141 Å². The third-order valence-electron chi connectivity index (χ3n) is 4.23. The van der Waals surface area contributed by atoms with Gasteiger partial charge in [0.15, 0.2) is 0 Å². The minimum atomic E-state index is -0.295. The molecular weight excluding hydrogens is 300 g/mol. The maximum atomic E-state index is 11.9. The molecule has 0 amide bonds. The van der Waals surface area contributed by atoms with Crippen LogP contribution in [0.1, 0.15) is 36.5 Å². The van der Waals surface area contributed by atoms with Crippen LogP contribution < -0.4 is 10.4 Å². The number of rotatable bonds is 6. The lowest BCUT2D eigenvalue weighted by molar-refractivity contribution is 0.304. The van der Waals surface area contributed by atoms with Crippen LogP contribution in [0.5, 0.6) is 5.75 Å². The van der Waals surface area contributed by atoms with Crippen molar-refractivity contribution in [2.75, 3.05) is 0 Å². The third-order valence-corrected chi connectivity index (χ3v) is 4.23. The number of hydrogen-bond acceptors (Lipinski definition) is 3. The van der Waals surface area contributed by atoms with E-state index in [1.807, 2.05) is 49.4 Å². The molecule has 24 heavy (non-hydrogen) atoms. The van der Waals surface area contributed by atoms with Crippen LogP contribution in [-0.4, -0.2) is 0 Å². The molecule has 0 fully saturated rings. The van der Waals surface area contributed by atoms with Gasteiger partial charge in [-0.15, -0.1) is 0 Å². The first-order chi connectivity index (χ1) is 11.7. The molecule has 0 aliphatic rings. The lowest BCUT2D eigenvalue weighted by Crippen LogP contribution is -2.03. The van der Waals surface area contributed by atoms with Crippen LogP contribution in [0.3, 0.4) is 0 Å². The molecule has 3 heteroatoms. The van der Waals surface area contributed by atoms with Crippen LogP contribution in [0.2, 0.25) is 0 Å². The fourth-order valence-electron chi connectivity index (χ4n) is 2.87. The number of ether oxygens (including phenoxy) is 1. The Morgan fingerprint density at radius 3 is 2.62 bits per heavy atom. The molecule has 0 unspecified atom stereocenters. The van der Waals surface area contributed by atoms with Crippen molar-refractivity contribution in [1.29, 1.82) is 0 Å². The highest BCUT2D eigenvalue weighted by atomic mass is 16.5. The highest BCUT2D eigenvalue weighted by molar-refractivity contribution is 5.84. The van der Waals surface area contributed by atoms with Gasteiger partial charge in [-0.1, -0.05) is 43.7 Å². The lowest BCUT2D eigenvalue weighted by Gasteiger charge is -2.12. The van der Waals surface area contributed by atoms with Gasteiger partial charge < -0.3 is 9.15 Å². The maximum absolute atomic E-state index is 11.9. The summed E-state index contributed by atoms with van der Waals surface area (Å²) < 4.78 is 11.4. The molecular formula is C21H22O3. The molecule has 0 N–H and O–H groups in total. The van der Waals surface area contributed by atoms with Gasteiger partial charge in [-0.2, -0.15) is 0 Å². The predicted octanol–water partition coefficient (Wildman–Crippen LogP) is 5.02. The van der Waals surface area contributed by atoms with Crippen molar-refractivity contribution in [3.05, 3.63) is 75.6 Å². The van der Waals surface area contributed by atoms with Crippen molar-refractivity contribution in [3.8, 4) is 5.75 Å². The molecule has 3 aromatic rings. The van der Waals surface area contributed by atoms with Gasteiger partial charge in [-0.05, 0) is 43.0 Å². The monoisotopic (exact) mass is 322 g/mol. The molecule has 2 aromatic carbocycles. The Hall–Kier alpha value is -2.55. The van der Waals surface area contributed by atoms with E-state index in [1.165, 1.54) is 0 Å².